The molecular weight excluding hydrogens is 370 g/mol. The van der Waals surface area contributed by atoms with Crippen LogP contribution in [-0.4, -0.2) is 57.4 Å². The summed E-state index contributed by atoms with van der Waals surface area (Å²) < 4.78 is 11.4. The molecule has 1 aliphatic carbocycles. The van der Waals surface area contributed by atoms with E-state index < -0.39 is 0 Å². The number of hydrogen-bond donors (Lipinski definition) is 2. The van der Waals surface area contributed by atoms with Gasteiger partial charge in [-0.2, -0.15) is 11.8 Å². The van der Waals surface area contributed by atoms with Crippen molar-refractivity contribution >= 4 is 17.7 Å². The van der Waals surface area contributed by atoms with E-state index in [1.807, 2.05) is 18.8 Å². The van der Waals surface area contributed by atoms with E-state index in [9.17, 15) is 0 Å². The normalized spacial score (nSPS) is 24.8. The van der Waals surface area contributed by atoms with Crippen LogP contribution in [-0.2, 0) is 10.2 Å². The van der Waals surface area contributed by atoms with E-state index >= 15 is 0 Å². The van der Waals surface area contributed by atoms with Crippen molar-refractivity contribution in [2.75, 3.05) is 40.2 Å². The first-order chi connectivity index (χ1) is 13.6. The van der Waals surface area contributed by atoms with Crippen LogP contribution in [0, 0.1) is 6.92 Å². The van der Waals surface area contributed by atoms with Gasteiger partial charge < -0.3 is 20.1 Å². The van der Waals surface area contributed by atoms with Crippen molar-refractivity contribution in [2.45, 2.75) is 55.7 Å². The minimum Gasteiger partial charge on any atom is -0.496 e. The van der Waals surface area contributed by atoms with E-state index in [4.69, 9.17) is 9.47 Å². The lowest BCUT2D eigenvalue weighted by Crippen LogP contribution is -2.50. The monoisotopic (exact) mass is 405 g/mol. The maximum atomic E-state index is 5.73. The molecule has 3 rings (SSSR count). The highest BCUT2D eigenvalue weighted by Gasteiger charge is 2.37. The van der Waals surface area contributed by atoms with Gasteiger partial charge in [-0.3, -0.25) is 4.99 Å². The molecule has 2 aliphatic rings. The number of rotatable bonds is 6. The Kier molecular flexibility index (Phi) is 7.52. The molecule has 0 bridgehead atoms. The number of guanidine groups is 1. The van der Waals surface area contributed by atoms with E-state index in [1.165, 1.54) is 30.4 Å². The molecule has 6 heteroatoms. The number of hydrogen-bond acceptors (Lipinski definition) is 4. The third-order valence-corrected chi connectivity index (χ3v) is 7.35. The van der Waals surface area contributed by atoms with Crippen molar-refractivity contribution in [3.8, 4) is 5.75 Å². The molecule has 1 heterocycles. The molecule has 0 spiro atoms. The Labute approximate surface area is 174 Å². The van der Waals surface area contributed by atoms with Crippen molar-refractivity contribution < 1.29 is 9.47 Å². The summed E-state index contributed by atoms with van der Waals surface area (Å²) in [6.45, 7) is 4.53. The van der Waals surface area contributed by atoms with Crippen LogP contribution in [0.2, 0.25) is 0 Å². The molecule has 2 atom stereocenters. The molecule has 1 aromatic rings. The maximum absolute atomic E-state index is 5.73. The molecule has 28 heavy (non-hydrogen) atoms. The number of aliphatic imine (C=N–C) groups is 1. The lowest BCUT2D eigenvalue weighted by atomic mass is 9.73. The zero-order valence-corrected chi connectivity index (χ0v) is 18.5. The van der Waals surface area contributed by atoms with Crippen LogP contribution in [0.1, 0.15) is 43.2 Å². The van der Waals surface area contributed by atoms with E-state index in [-0.39, 0.29) is 5.41 Å². The van der Waals surface area contributed by atoms with Crippen LogP contribution in [0.4, 0.5) is 0 Å². The second kappa shape index (κ2) is 9.88. The fourth-order valence-corrected chi connectivity index (χ4v) is 5.26. The fraction of sp³-hybridized carbons (Fsp3) is 0.682. The standard InChI is InChI=1S/C22H35N3O2S/c1-16-5-8-20(26-3)19(13-16)22(9-11-27-12-10-22)15-24-21(23-2)25-17-6-7-18(14-17)28-4/h5,8,13,17-18H,6-7,9-12,14-15H2,1-4H3,(H2,23,24,25). The average Bonchev–Trinajstić information content (AvgIpc) is 3.19. The van der Waals surface area contributed by atoms with Crippen molar-refractivity contribution in [3.63, 3.8) is 0 Å². The predicted octanol–water partition coefficient (Wildman–Crippen LogP) is 3.50. The summed E-state index contributed by atoms with van der Waals surface area (Å²) >= 11 is 1.98. The third kappa shape index (κ3) is 4.95. The number of benzene rings is 1. The second-order valence-electron chi connectivity index (χ2n) is 8.03. The van der Waals surface area contributed by atoms with Crippen LogP contribution in [0.3, 0.4) is 0 Å². The smallest absolute Gasteiger partial charge is 0.191 e. The highest BCUT2D eigenvalue weighted by atomic mass is 32.2. The van der Waals surface area contributed by atoms with Gasteiger partial charge in [-0.05, 0) is 51.3 Å². The molecule has 2 fully saturated rings. The van der Waals surface area contributed by atoms with Crippen molar-refractivity contribution in [1.82, 2.24) is 10.6 Å². The van der Waals surface area contributed by atoms with Crippen LogP contribution >= 0.6 is 11.8 Å². The van der Waals surface area contributed by atoms with Gasteiger partial charge in [0.05, 0.1) is 7.11 Å². The first-order valence-electron chi connectivity index (χ1n) is 10.3. The number of aryl methyl sites for hydroxylation is 1. The molecular formula is C22H35N3O2S. The van der Waals surface area contributed by atoms with Gasteiger partial charge in [-0.1, -0.05) is 17.7 Å². The van der Waals surface area contributed by atoms with Gasteiger partial charge >= 0.3 is 0 Å². The van der Waals surface area contributed by atoms with Gasteiger partial charge in [-0.25, -0.2) is 0 Å². The van der Waals surface area contributed by atoms with E-state index in [0.29, 0.717) is 6.04 Å². The zero-order chi connectivity index (χ0) is 20.0. The maximum Gasteiger partial charge on any atom is 0.191 e. The number of ether oxygens (including phenoxy) is 2. The molecule has 1 aromatic carbocycles. The number of nitrogens with one attached hydrogen (secondary N) is 2. The Morgan fingerprint density at radius 1 is 1.32 bits per heavy atom. The van der Waals surface area contributed by atoms with Gasteiger partial charge in [-0.15, -0.1) is 0 Å². The van der Waals surface area contributed by atoms with Crippen LogP contribution in [0.15, 0.2) is 23.2 Å². The largest absolute Gasteiger partial charge is 0.496 e. The first-order valence-corrected chi connectivity index (χ1v) is 11.6. The second-order valence-corrected chi connectivity index (χ2v) is 9.17. The summed E-state index contributed by atoms with van der Waals surface area (Å²) in [6.07, 6.45) is 7.90. The summed E-state index contributed by atoms with van der Waals surface area (Å²) in [5.41, 5.74) is 2.54. The summed E-state index contributed by atoms with van der Waals surface area (Å²) in [5, 5.41) is 8.04. The SMILES string of the molecule is CN=C(NCC1(c2cc(C)ccc2OC)CCOCC1)NC1CCC(SC)C1. The Morgan fingerprint density at radius 2 is 2.11 bits per heavy atom. The molecule has 1 saturated carbocycles. The van der Waals surface area contributed by atoms with Crippen LogP contribution < -0.4 is 15.4 Å². The summed E-state index contributed by atoms with van der Waals surface area (Å²) in [4.78, 5) is 4.50. The first kappa shape index (κ1) is 21.3. The topological polar surface area (TPSA) is 54.9 Å². The Balaban J connectivity index is 1.73. The van der Waals surface area contributed by atoms with E-state index in [1.54, 1.807) is 7.11 Å². The molecule has 2 unspecified atom stereocenters. The zero-order valence-electron chi connectivity index (χ0n) is 17.7. The molecule has 0 aromatic heterocycles. The third-order valence-electron chi connectivity index (χ3n) is 6.25. The number of nitrogens with zero attached hydrogens (tertiary/aromatic N) is 1. The molecule has 156 valence electrons. The van der Waals surface area contributed by atoms with Crippen LogP contribution in [0.25, 0.3) is 0 Å². The minimum atomic E-state index is -0.00921. The van der Waals surface area contributed by atoms with Crippen molar-refractivity contribution in [2.24, 2.45) is 4.99 Å². The van der Waals surface area contributed by atoms with E-state index in [2.05, 4.69) is 47.0 Å². The van der Waals surface area contributed by atoms with Gasteiger partial charge in [0.25, 0.3) is 0 Å². The lowest BCUT2D eigenvalue weighted by Gasteiger charge is -2.39. The van der Waals surface area contributed by atoms with Gasteiger partial charge in [0.15, 0.2) is 5.96 Å². The summed E-state index contributed by atoms with van der Waals surface area (Å²) in [5.74, 6) is 1.88. The molecule has 1 saturated heterocycles. The highest BCUT2D eigenvalue weighted by Crippen LogP contribution is 2.40. The highest BCUT2D eigenvalue weighted by molar-refractivity contribution is 7.99. The van der Waals surface area contributed by atoms with Crippen LogP contribution in [0.5, 0.6) is 5.75 Å². The Bertz CT molecular complexity index is 674. The minimum absolute atomic E-state index is 0.00921. The predicted molar refractivity (Wildman–Crippen MR) is 119 cm³/mol. The fourth-order valence-electron chi connectivity index (χ4n) is 4.47. The molecule has 0 radical (unpaired) electrons. The van der Waals surface area contributed by atoms with Gasteiger partial charge in [0, 0.05) is 49.1 Å². The van der Waals surface area contributed by atoms with Gasteiger partial charge in [0.2, 0.25) is 0 Å². The van der Waals surface area contributed by atoms with Crippen molar-refractivity contribution in [3.05, 3.63) is 29.3 Å². The number of methoxy groups -OCH3 is 1. The lowest BCUT2D eigenvalue weighted by molar-refractivity contribution is 0.0505. The van der Waals surface area contributed by atoms with Crippen molar-refractivity contribution in [1.29, 1.82) is 0 Å². The van der Waals surface area contributed by atoms with Gasteiger partial charge in [0.1, 0.15) is 5.75 Å². The summed E-state index contributed by atoms with van der Waals surface area (Å²) in [7, 11) is 3.62. The summed E-state index contributed by atoms with van der Waals surface area (Å²) in [6, 6.07) is 7.01. The quantitative estimate of drug-likeness (QED) is 0.560. The Morgan fingerprint density at radius 3 is 2.75 bits per heavy atom. The molecule has 0 amide bonds. The molecule has 5 nitrogen and oxygen atoms in total. The molecule has 2 N–H and O–H groups in total. The average molecular weight is 406 g/mol. The molecule has 1 aliphatic heterocycles. The Hall–Kier alpha value is -1.40. The number of thioether (sulfide) groups is 1. The van der Waals surface area contributed by atoms with E-state index in [0.717, 1.165) is 49.6 Å².